The van der Waals surface area contributed by atoms with Gasteiger partial charge in [0.15, 0.2) is 29.7 Å². The number of hydrogen-bond acceptors (Lipinski definition) is 6. The standard InChI is InChI=1S/C25H30O6/c26-20(19-2-4-21-22(11-19)30-7-1-6-29-21)3-5-24(28)31-15-23(27)25-12-16-8-17(13-25)10-18(9-16)14-25/h2,4,11,16-18H,1,3,5-10,12-15H2. The Morgan fingerprint density at radius 2 is 1.55 bits per heavy atom. The van der Waals surface area contributed by atoms with Gasteiger partial charge in [0.05, 0.1) is 19.6 Å². The fraction of sp³-hybridized carbons (Fsp3) is 0.640. The molecule has 4 saturated carbocycles. The molecule has 6 nitrogen and oxygen atoms in total. The van der Waals surface area contributed by atoms with Crippen molar-refractivity contribution in [1.82, 2.24) is 0 Å². The van der Waals surface area contributed by atoms with Gasteiger partial charge in [-0.3, -0.25) is 14.4 Å². The minimum Gasteiger partial charge on any atom is -0.490 e. The van der Waals surface area contributed by atoms with Crippen LogP contribution < -0.4 is 9.47 Å². The third-order valence-corrected chi connectivity index (χ3v) is 7.62. The molecule has 0 radical (unpaired) electrons. The van der Waals surface area contributed by atoms with Crippen LogP contribution in [-0.2, 0) is 14.3 Å². The number of ether oxygens (including phenoxy) is 3. The van der Waals surface area contributed by atoms with Crippen molar-refractivity contribution in [2.24, 2.45) is 23.2 Å². The summed E-state index contributed by atoms with van der Waals surface area (Å²) in [5, 5.41) is 0. The monoisotopic (exact) mass is 426 g/mol. The quantitative estimate of drug-likeness (QED) is 0.482. The third-order valence-electron chi connectivity index (χ3n) is 7.62. The molecule has 1 heterocycles. The third kappa shape index (κ3) is 4.21. The van der Waals surface area contributed by atoms with E-state index in [4.69, 9.17) is 14.2 Å². The van der Waals surface area contributed by atoms with E-state index >= 15 is 0 Å². The maximum Gasteiger partial charge on any atom is 0.306 e. The molecule has 1 aromatic rings. The topological polar surface area (TPSA) is 78.9 Å². The van der Waals surface area contributed by atoms with Crippen LogP contribution in [0.15, 0.2) is 18.2 Å². The second-order valence-electron chi connectivity index (χ2n) is 9.92. The molecule has 5 aliphatic rings. The Balaban J connectivity index is 1.11. The van der Waals surface area contributed by atoms with Crippen molar-refractivity contribution in [2.75, 3.05) is 19.8 Å². The molecule has 1 aliphatic heterocycles. The van der Waals surface area contributed by atoms with Gasteiger partial charge >= 0.3 is 5.97 Å². The van der Waals surface area contributed by atoms with Gasteiger partial charge in [0.1, 0.15) is 0 Å². The summed E-state index contributed by atoms with van der Waals surface area (Å²) >= 11 is 0. The molecule has 0 unspecified atom stereocenters. The summed E-state index contributed by atoms with van der Waals surface area (Å²) in [5.74, 6) is 2.69. The highest BCUT2D eigenvalue weighted by Gasteiger charge is 2.54. The Hall–Kier alpha value is -2.37. The summed E-state index contributed by atoms with van der Waals surface area (Å²) in [5.41, 5.74) is 0.232. The number of Topliss-reactive ketones (excluding diaryl/α,β-unsaturated/α-hetero) is 2. The Labute approximate surface area is 182 Å². The van der Waals surface area contributed by atoms with E-state index in [-0.39, 0.29) is 36.4 Å². The second-order valence-corrected chi connectivity index (χ2v) is 9.92. The lowest BCUT2D eigenvalue weighted by atomic mass is 9.48. The van der Waals surface area contributed by atoms with Crippen molar-refractivity contribution >= 4 is 17.5 Å². The maximum atomic E-state index is 13.0. The summed E-state index contributed by atoms with van der Waals surface area (Å²) in [6, 6.07) is 5.10. The van der Waals surface area contributed by atoms with Crippen molar-refractivity contribution in [2.45, 2.75) is 57.8 Å². The summed E-state index contributed by atoms with van der Waals surface area (Å²) < 4.78 is 16.5. The van der Waals surface area contributed by atoms with Crippen LogP contribution in [-0.4, -0.2) is 37.4 Å². The normalized spacial score (nSPS) is 30.5. The molecule has 4 aliphatic carbocycles. The van der Waals surface area contributed by atoms with Crippen LogP contribution in [0.1, 0.15) is 68.1 Å². The van der Waals surface area contributed by atoms with Crippen LogP contribution >= 0.6 is 0 Å². The van der Waals surface area contributed by atoms with Crippen molar-refractivity contribution in [1.29, 1.82) is 0 Å². The van der Waals surface area contributed by atoms with Crippen molar-refractivity contribution in [3.8, 4) is 11.5 Å². The number of carbonyl (C=O) groups excluding carboxylic acids is 3. The van der Waals surface area contributed by atoms with E-state index in [1.165, 1.54) is 19.3 Å². The lowest BCUT2D eigenvalue weighted by molar-refractivity contribution is -0.157. The molecule has 0 saturated heterocycles. The molecular formula is C25H30O6. The van der Waals surface area contributed by atoms with Gasteiger partial charge in [-0.15, -0.1) is 0 Å². The van der Waals surface area contributed by atoms with E-state index in [0.29, 0.717) is 48.0 Å². The summed E-state index contributed by atoms with van der Waals surface area (Å²) in [6.07, 6.45) is 7.54. The van der Waals surface area contributed by atoms with Crippen molar-refractivity contribution < 1.29 is 28.6 Å². The Kier molecular flexibility index (Phi) is 5.49. The van der Waals surface area contributed by atoms with Gasteiger partial charge in [0.25, 0.3) is 0 Å². The van der Waals surface area contributed by atoms with E-state index in [1.54, 1.807) is 18.2 Å². The molecule has 1 aromatic carbocycles. The molecule has 6 rings (SSSR count). The number of rotatable bonds is 7. The Morgan fingerprint density at radius 1 is 0.903 bits per heavy atom. The number of fused-ring (bicyclic) bond motifs is 1. The van der Waals surface area contributed by atoms with Crippen LogP contribution in [0, 0.1) is 23.2 Å². The minimum atomic E-state index is -0.485. The first kappa shape index (κ1) is 20.5. The molecule has 0 spiro atoms. The number of esters is 1. The Bertz CT molecular complexity index is 853. The molecule has 31 heavy (non-hydrogen) atoms. The minimum absolute atomic E-state index is 0.0264. The van der Waals surface area contributed by atoms with Crippen molar-refractivity contribution in [3.63, 3.8) is 0 Å². The molecule has 6 heteroatoms. The van der Waals surface area contributed by atoms with Crippen LogP contribution in [0.3, 0.4) is 0 Å². The predicted molar refractivity (Wildman–Crippen MR) is 112 cm³/mol. The fourth-order valence-corrected chi connectivity index (χ4v) is 6.52. The number of hydrogen-bond donors (Lipinski definition) is 0. The lowest BCUT2D eigenvalue weighted by Gasteiger charge is -2.55. The molecule has 166 valence electrons. The molecular weight excluding hydrogens is 396 g/mol. The summed E-state index contributed by atoms with van der Waals surface area (Å²) in [4.78, 5) is 37.7. The van der Waals surface area contributed by atoms with Gasteiger partial charge in [-0.1, -0.05) is 0 Å². The zero-order valence-electron chi connectivity index (χ0n) is 17.9. The van der Waals surface area contributed by atoms with Gasteiger partial charge in [-0.25, -0.2) is 0 Å². The highest BCUT2D eigenvalue weighted by Crippen LogP contribution is 2.60. The first-order valence-corrected chi connectivity index (χ1v) is 11.6. The van der Waals surface area contributed by atoms with Crippen molar-refractivity contribution in [3.05, 3.63) is 23.8 Å². The molecule has 0 amide bonds. The highest BCUT2D eigenvalue weighted by atomic mass is 16.5. The first-order valence-electron chi connectivity index (χ1n) is 11.6. The van der Waals surface area contributed by atoms with Crippen LogP contribution in [0.4, 0.5) is 0 Å². The van der Waals surface area contributed by atoms with Crippen LogP contribution in [0.2, 0.25) is 0 Å². The first-order chi connectivity index (χ1) is 15.0. The smallest absolute Gasteiger partial charge is 0.306 e. The molecule has 4 bridgehead atoms. The van der Waals surface area contributed by atoms with E-state index in [0.717, 1.165) is 25.7 Å². The van der Waals surface area contributed by atoms with E-state index in [9.17, 15) is 14.4 Å². The number of benzene rings is 1. The highest BCUT2D eigenvalue weighted by molar-refractivity contribution is 5.98. The molecule has 0 atom stereocenters. The van der Waals surface area contributed by atoms with E-state index in [2.05, 4.69) is 0 Å². The largest absolute Gasteiger partial charge is 0.490 e. The van der Waals surface area contributed by atoms with Gasteiger partial charge in [0.2, 0.25) is 0 Å². The second kappa shape index (κ2) is 8.29. The SMILES string of the molecule is O=C(CCC(=O)c1ccc2c(c1)OCCCO2)OCC(=O)C12CC3CC(CC(C3)C1)C2. The molecule has 0 aromatic heterocycles. The maximum absolute atomic E-state index is 13.0. The number of ketones is 2. The van der Waals surface area contributed by atoms with E-state index in [1.807, 2.05) is 0 Å². The summed E-state index contributed by atoms with van der Waals surface area (Å²) in [7, 11) is 0. The van der Waals surface area contributed by atoms with Gasteiger partial charge in [-0.2, -0.15) is 0 Å². The van der Waals surface area contributed by atoms with Crippen LogP contribution in [0.5, 0.6) is 11.5 Å². The Morgan fingerprint density at radius 3 is 2.23 bits per heavy atom. The zero-order chi connectivity index (χ0) is 21.4. The predicted octanol–water partition coefficient (Wildman–Crippen LogP) is 4.14. The zero-order valence-corrected chi connectivity index (χ0v) is 17.9. The van der Waals surface area contributed by atoms with E-state index < -0.39 is 5.97 Å². The number of carbonyl (C=O) groups is 3. The summed E-state index contributed by atoms with van der Waals surface area (Å²) in [6.45, 7) is 0.992. The van der Waals surface area contributed by atoms with Gasteiger partial charge < -0.3 is 14.2 Å². The molecule has 4 fully saturated rings. The average Bonchev–Trinajstić information content (AvgIpc) is 2.99. The van der Waals surface area contributed by atoms with Crippen LogP contribution in [0.25, 0.3) is 0 Å². The lowest BCUT2D eigenvalue weighted by Crippen LogP contribution is -2.51. The average molecular weight is 427 g/mol. The van der Waals surface area contributed by atoms with Gasteiger partial charge in [-0.05, 0) is 74.5 Å². The molecule has 0 N–H and O–H groups in total. The van der Waals surface area contributed by atoms with Gasteiger partial charge in [0, 0.05) is 23.8 Å². The fourth-order valence-electron chi connectivity index (χ4n) is 6.52.